The second-order valence-corrected chi connectivity index (χ2v) is 6.80. The number of benzene rings is 1. The molecule has 1 heterocycles. The third-order valence-corrected chi connectivity index (χ3v) is 4.28. The molecule has 8 heteroatoms. The van der Waals surface area contributed by atoms with Crippen LogP contribution in [0.1, 0.15) is 9.67 Å². The summed E-state index contributed by atoms with van der Waals surface area (Å²) in [6, 6.07) is 6.14. The lowest BCUT2D eigenvalue weighted by Crippen LogP contribution is -1.97. The molecule has 2 N–H and O–H groups in total. The molecule has 6 nitrogen and oxygen atoms in total. The van der Waals surface area contributed by atoms with Crippen LogP contribution in [-0.2, 0) is 9.84 Å². The van der Waals surface area contributed by atoms with Crippen LogP contribution < -0.4 is 5.32 Å². The molecule has 1 aromatic carbocycles. The van der Waals surface area contributed by atoms with Crippen LogP contribution >= 0.6 is 11.3 Å². The summed E-state index contributed by atoms with van der Waals surface area (Å²) in [5.74, 6) is -1.03. The minimum Gasteiger partial charge on any atom is -0.477 e. The number of nitrogens with zero attached hydrogens (tertiary/aromatic N) is 1. The molecule has 0 saturated heterocycles. The van der Waals surface area contributed by atoms with Gasteiger partial charge in [-0.1, -0.05) is 11.3 Å². The number of sulfone groups is 1. The number of carboxylic acid groups (broad SMARTS) is 1. The molecular weight excluding hydrogens is 288 g/mol. The predicted octanol–water partition coefficient (Wildman–Crippen LogP) is 1.99. The number of carboxylic acids is 1. The average molecular weight is 298 g/mol. The first kappa shape index (κ1) is 13.5. The Kier molecular flexibility index (Phi) is 3.54. The van der Waals surface area contributed by atoms with Crippen LogP contribution in [-0.4, -0.2) is 30.7 Å². The van der Waals surface area contributed by atoms with Crippen LogP contribution in [0.4, 0.5) is 10.8 Å². The number of anilines is 2. The molecule has 2 aromatic rings. The van der Waals surface area contributed by atoms with Gasteiger partial charge in [-0.2, -0.15) is 0 Å². The molecule has 19 heavy (non-hydrogen) atoms. The quantitative estimate of drug-likeness (QED) is 0.896. The van der Waals surface area contributed by atoms with Crippen LogP contribution in [0.5, 0.6) is 0 Å². The van der Waals surface area contributed by atoms with Gasteiger partial charge in [-0.05, 0) is 24.3 Å². The van der Waals surface area contributed by atoms with Crippen molar-refractivity contribution in [2.45, 2.75) is 4.90 Å². The van der Waals surface area contributed by atoms with Gasteiger partial charge in [0.15, 0.2) is 15.0 Å². The van der Waals surface area contributed by atoms with Crippen molar-refractivity contribution >= 4 is 38.0 Å². The topological polar surface area (TPSA) is 96.4 Å². The van der Waals surface area contributed by atoms with E-state index in [-0.39, 0.29) is 9.77 Å². The lowest BCUT2D eigenvalue weighted by Gasteiger charge is -2.03. The highest BCUT2D eigenvalue weighted by atomic mass is 32.2. The lowest BCUT2D eigenvalue weighted by atomic mass is 10.3. The fourth-order valence-corrected chi connectivity index (χ4v) is 2.65. The van der Waals surface area contributed by atoms with Crippen LogP contribution in [0, 0.1) is 0 Å². The van der Waals surface area contributed by atoms with E-state index in [0.29, 0.717) is 10.8 Å². The average Bonchev–Trinajstić information content (AvgIpc) is 2.77. The molecule has 0 amide bonds. The number of nitrogens with one attached hydrogen (secondary N) is 1. The highest BCUT2D eigenvalue weighted by molar-refractivity contribution is 7.90. The van der Waals surface area contributed by atoms with Crippen molar-refractivity contribution in [3.63, 3.8) is 0 Å². The van der Waals surface area contributed by atoms with Crippen molar-refractivity contribution in [3.8, 4) is 0 Å². The molecule has 0 unspecified atom stereocenters. The summed E-state index contributed by atoms with van der Waals surface area (Å²) in [4.78, 5) is 15.0. The summed E-state index contributed by atoms with van der Waals surface area (Å²) in [7, 11) is -3.22. The standard InChI is InChI=1S/C11H10N2O4S2/c1-19(16,17)8-4-2-7(3-5-8)13-11-12-6-9(18-11)10(14)15/h2-6H,1H3,(H,12,13)(H,14,15). The molecule has 0 spiro atoms. The van der Waals surface area contributed by atoms with E-state index < -0.39 is 15.8 Å². The monoisotopic (exact) mass is 298 g/mol. The van der Waals surface area contributed by atoms with Gasteiger partial charge in [0.2, 0.25) is 0 Å². The number of aromatic carboxylic acids is 1. The van der Waals surface area contributed by atoms with E-state index in [1.807, 2.05) is 0 Å². The van der Waals surface area contributed by atoms with Crippen molar-refractivity contribution in [1.29, 1.82) is 0 Å². The summed E-state index contributed by atoms with van der Waals surface area (Å²) in [5, 5.41) is 12.1. The third-order valence-electron chi connectivity index (χ3n) is 2.25. The van der Waals surface area contributed by atoms with Crippen molar-refractivity contribution in [2.24, 2.45) is 0 Å². The largest absolute Gasteiger partial charge is 0.477 e. The summed E-state index contributed by atoms with van der Waals surface area (Å²) in [5.41, 5.74) is 0.638. The summed E-state index contributed by atoms with van der Waals surface area (Å²) in [6.07, 6.45) is 2.40. The molecule has 0 bridgehead atoms. The van der Waals surface area contributed by atoms with Crippen molar-refractivity contribution in [3.05, 3.63) is 35.3 Å². The summed E-state index contributed by atoms with van der Waals surface area (Å²) in [6.45, 7) is 0. The van der Waals surface area contributed by atoms with Gasteiger partial charge < -0.3 is 10.4 Å². The Bertz CT molecular complexity index is 705. The van der Waals surface area contributed by atoms with Gasteiger partial charge in [0.25, 0.3) is 0 Å². The number of carbonyl (C=O) groups is 1. The number of aromatic nitrogens is 1. The smallest absolute Gasteiger partial charge is 0.347 e. The molecule has 0 aliphatic carbocycles. The Labute approximate surface area is 113 Å². The molecule has 0 aliphatic rings. The van der Waals surface area contributed by atoms with Gasteiger partial charge in [0.1, 0.15) is 4.88 Å². The molecular formula is C11H10N2O4S2. The van der Waals surface area contributed by atoms with Gasteiger partial charge >= 0.3 is 5.97 Å². The zero-order valence-corrected chi connectivity index (χ0v) is 11.5. The first-order chi connectivity index (χ1) is 8.86. The van der Waals surface area contributed by atoms with E-state index in [1.54, 1.807) is 12.1 Å². The third kappa shape index (κ3) is 3.30. The van der Waals surface area contributed by atoms with E-state index in [2.05, 4.69) is 10.3 Å². The second-order valence-electron chi connectivity index (χ2n) is 3.76. The number of hydrogen-bond acceptors (Lipinski definition) is 6. The maximum absolute atomic E-state index is 11.3. The Morgan fingerprint density at radius 1 is 1.32 bits per heavy atom. The molecule has 2 rings (SSSR count). The van der Waals surface area contributed by atoms with E-state index in [1.165, 1.54) is 18.3 Å². The van der Waals surface area contributed by atoms with E-state index >= 15 is 0 Å². The number of thiazole rings is 1. The summed E-state index contributed by atoms with van der Waals surface area (Å²) >= 11 is 1.01. The SMILES string of the molecule is CS(=O)(=O)c1ccc(Nc2ncc(C(=O)O)s2)cc1. The molecule has 0 atom stereocenters. The predicted molar refractivity (Wildman–Crippen MR) is 71.9 cm³/mol. The molecule has 0 fully saturated rings. The summed E-state index contributed by atoms with van der Waals surface area (Å²) < 4.78 is 22.6. The fraction of sp³-hybridized carbons (Fsp3) is 0.0909. The molecule has 0 saturated carbocycles. The van der Waals surface area contributed by atoms with E-state index in [9.17, 15) is 13.2 Å². The van der Waals surface area contributed by atoms with E-state index in [4.69, 9.17) is 5.11 Å². The first-order valence-electron chi connectivity index (χ1n) is 5.12. The first-order valence-corrected chi connectivity index (χ1v) is 7.83. The van der Waals surface area contributed by atoms with Gasteiger partial charge in [-0.25, -0.2) is 18.2 Å². The molecule has 0 radical (unpaired) electrons. The minimum absolute atomic E-state index is 0.134. The minimum atomic E-state index is -3.22. The maximum atomic E-state index is 11.3. The van der Waals surface area contributed by atoms with Crippen LogP contribution in [0.3, 0.4) is 0 Å². The highest BCUT2D eigenvalue weighted by Crippen LogP contribution is 2.23. The molecule has 0 aliphatic heterocycles. The van der Waals surface area contributed by atoms with Crippen LogP contribution in [0.2, 0.25) is 0 Å². The Morgan fingerprint density at radius 3 is 2.42 bits per heavy atom. The lowest BCUT2D eigenvalue weighted by molar-refractivity contribution is 0.0702. The molecule has 1 aromatic heterocycles. The Hall–Kier alpha value is -1.93. The van der Waals surface area contributed by atoms with E-state index in [0.717, 1.165) is 17.6 Å². The van der Waals surface area contributed by atoms with Gasteiger partial charge in [-0.3, -0.25) is 0 Å². The zero-order chi connectivity index (χ0) is 14.0. The second kappa shape index (κ2) is 4.98. The van der Waals surface area contributed by atoms with Crippen molar-refractivity contribution in [1.82, 2.24) is 4.98 Å². The maximum Gasteiger partial charge on any atom is 0.347 e. The Balaban J connectivity index is 2.17. The number of hydrogen-bond donors (Lipinski definition) is 2. The van der Waals surface area contributed by atoms with Crippen LogP contribution in [0.15, 0.2) is 35.4 Å². The normalized spacial score (nSPS) is 11.2. The van der Waals surface area contributed by atoms with Gasteiger partial charge in [0, 0.05) is 11.9 Å². The molecule has 100 valence electrons. The fourth-order valence-electron chi connectivity index (χ4n) is 1.34. The van der Waals surface area contributed by atoms with Gasteiger partial charge in [-0.15, -0.1) is 0 Å². The van der Waals surface area contributed by atoms with Gasteiger partial charge in [0.05, 0.1) is 11.1 Å². The number of rotatable bonds is 4. The highest BCUT2D eigenvalue weighted by Gasteiger charge is 2.09. The van der Waals surface area contributed by atoms with Crippen molar-refractivity contribution < 1.29 is 18.3 Å². The Morgan fingerprint density at radius 2 is 1.95 bits per heavy atom. The van der Waals surface area contributed by atoms with Crippen molar-refractivity contribution in [2.75, 3.05) is 11.6 Å². The van der Waals surface area contributed by atoms with Crippen LogP contribution in [0.25, 0.3) is 0 Å². The zero-order valence-electron chi connectivity index (χ0n) is 9.82.